The van der Waals surface area contributed by atoms with Gasteiger partial charge in [0.2, 0.25) is 5.91 Å². The van der Waals surface area contributed by atoms with Crippen LogP contribution in [0.5, 0.6) is 5.75 Å². The van der Waals surface area contributed by atoms with Gasteiger partial charge in [-0.1, -0.05) is 30.3 Å². The summed E-state index contributed by atoms with van der Waals surface area (Å²) in [5.41, 5.74) is 5.47. The zero-order valence-electron chi connectivity index (χ0n) is 20.7. The Balaban J connectivity index is 1.49. The molecule has 4 aromatic rings. The standard InChI is InChI=1S/C31H23F2NO4/c1-37-21-8-3-17(4-9-21)16-34-29-23-10-5-18(22-12-7-20(32)15-27(22)33)13-25(23)28(30(34)35)26-14-19(31(36)38-2)6-11-24(26)29/h3-15,28-29H,16H2,1-2H3. The second-order valence-corrected chi connectivity index (χ2v) is 9.45. The van der Waals surface area contributed by atoms with Crippen LogP contribution in [0.25, 0.3) is 11.1 Å². The van der Waals surface area contributed by atoms with Crippen LogP contribution >= 0.6 is 0 Å². The predicted octanol–water partition coefficient (Wildman–Crippen LogP) is 6.00. The van der Waals surface area contributed by atoms with Crippen molar-refractivity contribution in [2.45, 2.75) is 18.5 Å². The fourth-order valence-corrected chi connectivity index (χ4v) is 5.61. The van der Waals surface area contributed by atoms with Gasteiger partial charge in [0.1, 0.15) is 17.4 Å². The van der Waals surface area contributed by atoms with Gasteiger partial charge in [0, 0.05) is 18.2 Å². The molecule has 2 bridgehead atoms. The van der Waals surface area contributed by atoms with E-state index in [0.29, 0.717) is 17.7 Å². The van der Waals surface area contributed by atoms with E-state index in [1.165, 1.54) is 19.2 Å². The van der Waals surface area contributed by atoms with Crippen LogP contribution in [0.1, 0.15) is 50.1 Å². The molecule has 2 unspecified atom stereocenters. The van der Waals surface area contributed by atoms with Crippen LogP contribution in [0.15, 0.2) is 78.9 Å². The number of rotatable bonds is 5. The summed E-state index contributed by atoms with van der Waals surface area (Å²) in [5.74, 6) is -1.88. The summed E-state index contributed by atoms with van der Waals surface area (Å²) in [7, 11) is 2.92. The van der Waals surface area contributed by atoms with Crippen LogP contribution in [0, 0.1) is 11.6 Å². The Hall–Kier alpha value is -4.52. The molecule has 7 rings (SSSR count). The second kappa shape index (κ2) is 9.10. The van der Waals surface area contributed by atoms with Crippen molar-refractivity contribution >= 4 is 11.9 Å². The first-order valence-electron chi connectivity index (χ1n) is 12.1. The van der Waals surface area contributed by atoms with E-state index < -0.39 is 29.6 Å². The first kappa shape index (κ1) is 23.9. The van der Waals surface area contributed by atoms with Gasteiger partial charge in [0.25, 0.3) is 0 Å². The Morgan fingerprint density at radius 3 is 2.24 bits per heavy atom. The molecule has 2 atom stereocenters. The Morgan fingerprint density at radius 2 is 1.55 bits per heavy atom. The molecule has 5 nitrogen and oxygen atoms in total. The van der Waals surface area contributed by atoms with Gasteiger partial charge in [-0.3, -0.25) is 4.79 Å². The molecule has 0 aromatic heterocycles. The van der Waals surface area contributed by atoms with E-state index in [2.05, 4.69) is 0 Å². The number of hydrogen-bond donors (Lipinski definition) is 0. The largest absolute Gasteiger partial charge is 0.497 e. The number of carbonyl (C=O) groups is 2. The van der Waals surface area contributed by atoms with Crippen LogP contribution in [-0.4, -0.2) is 31.0 Å². The zero-order valence-corrected chi connectivity index (χ0v) is 20.7. The number of amides is 1. The molecule has 4 aromatic carbocycles. The summed E-state index contributed by atoms with van der Waals surface area (Å²) in [6.45, 7) is 0.385. The lowest BCUT2D eigenvalue weighted by atomic mass is 9.69. The van der Waals surface area contributed by atoms with Crippen molar-refractivity contribution in [3.63, 3.8) is 0 Å². The van der Waals surface area contributed by atoms with Gasteiger partial charge in [-0.25, -0.2) is 13.6 Å². The normalized spacial score (nSPS) is 17.2. The van der Waals surface area contributed by atoms with E-state index in [0.717, 1.165) is 39.6 Å². The minimum absolute atomic E-state index is 0.107. The second-order valence-electron chi connectivity index (χ2n) is 9.45. The van der Waals surface area contributed by atoms with Crippen LogP contribution < -0.4 is 4.74 Å². The van der Waals surface area contributed by atoms with Gasteiger partial charge < -0.3 is 14.4 Å². The number of carbonyl (C=O) groups excluding carboxylic acids is 2. The third kappa shape index (κ3) is 3.74. The zero-order chi connectivity index (χ0) is 26.6. The molecule has 1 amide bonds. The van der Waals surface area contributed by atoms with Gasteiger partial charge in [0.15, 0.2) is 0 Å². The van der Waals surface area contributed by atoms with Gasteiger partial charge in [-0.2, -0.15) is 0 Å². The topological polar surface area (TPSA) is 55.8 Å². The van der Waals surface area contributed by atoms with Crippen LogP contribution in [0.2, 0.25) is 0 Å². The van der Waals surface area contributed by atoms with Crippen molar-refractivity contribution in [1.82, 2.24) is 4.90 Å². The van der Waals surface area contributed by atoms with Gasteiger partial charge in [-0.15, -0.1) is 0 Å². The number of halogens is 2. The molecule has 0 saturated carbocycles. The first-order valence-corrected chi connectivity index (χ1v) is 12.1. The van der Waals surface area contributed by atoms with Crippen molar-refractivity contribution < 1.29 is 27.8 Å². The maximum absolute atomic E-state index is 14.6. The summed E-state index contributed by atoms with van der Waals surface area (Å²) < 4.78 is 38.3. The highest BCUT2D eigenvalue weighted by atomic mass is 19.1. The Kier molecular flexibility index (Phi) is 5.71. The number of nitrogens with zero attached hydrogens (tertiary/aromatic N) is 1. The van der Waals surface area contributed by atoms with Crippen LogP contribution in [-0.2, 0) is 16.1 Å². The molecular weight excluding hydrogens is 488 g/mol. The first-order chi connectivity index (χ1) is 18.4. The molecule has 2 heterocycles. The van der Waals surface area contributed by atoms with E-state index in [1.807, 2.05) is 41.3 Å². The lowest BCUT2D eigenvalue weighted by Crippen LogP contribution is -2.47. The molecule has 0 fully saturated rings. The molecule has 0 spiro atoms. The van der Waals surface area contributed by atoms with Crippen LogP contribution in [0.3, 0.4) is 0 Å². The van der Waals surface area contributed by atoms with Gasteiger partial charge >= 0.3 is 5.97 Å². The number of ether oxygens (including phenoxy) is 2. The Labute approximate surface area is 218 Å². The SMILES string of the molecule is COC(=O)c1ccc2c(c1)C1C(=O)N(Cc3ccc(OC)cc3)C2c2ccc(-c3ccc(F)cc3F)cc21. The molecular formula is C31H23F2NO4. The van der Waals surface area contributed by atoms with Crippen molar-refractivity contribution in [1.29, 1.82) is 0 Å². The molecule has 0 N–H and O–H groups in total. The van der Waals surface area contributed by atoms with Crippen LogP contribution in [0.4, 0.5) is 8.78 Å². The fourth-order valence-electron chi connectivity index (χ4n) is 5.61. The summed E-state index contributed by atoms with van der Waals surface area (Å²) in [5, 5.41) is 0. The third-order valence-electron chi connectivity index (χ3n) is 7.40. The smallest absolute Gasteiger partial charge is 0.337 e. The monoisotopic (exact) mass is 511 g/mol. The maximum atomic E-state index is 14.6. The summed E-state index contributed by atoms with van der Waals surface area (Å²) >= 11 is 0. The highest BCUT2D eigenvalue weighted by molar-refractivity contribution is 5.96. The number of benzene rings is 4. The lowest BCUT2D eigenvalue weighted by molar-refractivity contribution is -0.136. The molecule has 3 aliphatic rings. The van der Waals surface area contributed by atoms with E-state index >= 15 is 0 Å². The quantitative estimate of drug-likeness (QED) is 0.308. The molecule has 2 aliphatic heterocycles. The van der Waals surface area contributed by atoms with E-state index in [-0.39, 0.29) is 11.5 Å². The van der Waals surface area contributed by atoms with E-state index in [9.17, 15) is 18.4 Å². The Morgan fingerprint density at radius 1 is 0.842 bits per heavy atom. The highest BCUT2D eigenvalue weighted by Crippen LogP contribution is 2.52. The van der Waals surface area contributed by atoms with Crippen molar-refractivity contribution in [2.24, 2.45) is 0 Å². The maximum Gasteiger partial charge on any atom is 0.337 e. The molecule has 0 radical (unpaired) electrons. The highest BCUT2D eigenvalue weighted by Gasteiger charge is 2.47. The third-order valence-corrected chi connectivity index (χ3v) is 7.40. The Bertz CT molecular complexity index is 1600. The molecule has 7 heteroatoms. The number of hydrogen-bond acceptors (Lipinski definition) is 4. The van der Waals surface area contributed by atoms with E-state index in [4.69, 9.17) is 9.47 Å². The summed E-state index contributed by atoms with van der Waals surface area (Å²) in [6.07, 6.45) is 0. The molecule has 38 heavy (non-hydrogen) atoms. The summed E-state index contributed by atoms with van der Waals surface area (Å²) in [6, 6.07) is 21.5. The number of esters is 1. The van der Waals surface area contributed by atoms with Crippen molar-refractivity contribution in [3.05, 3.63) is 124 Å². The van der Waals surface area contributed by atoms with Crippen molar-refractivity contribution in [3.8, 4) is 16.9 Å². The predicted molar refractivity (Wildman–Crippen MR) is 137 cm³/mol. The molecule has 190 valence electrons. The van der Waals surface area contributed by atoms with E-state index in [1.54, 1.807) is 31.4 Å². The fraction of sp³-hybridized carbons (Fsp3) is 0.161. The minimum atomic E-state index is -0.684. The van der Waals surface area contributed by atoms with Gasteiger partial charge in [-0.05, 0) is 75.8 Å². The number of methoxy groups -OCH3 is 2. The molecule has 0 saturated heterocycles. The lowest BCUT2D eigenvalue weighted by Gasteiger charge is -2.47. The number of fused-ring (bicyclic) bond motifs is 1. The summed E-state index contributed by atoms with van der Waals surface area (Å²) in [4.78, 5) is 28.1. The van der Waals surface area contributed by atoms with Crippen molar-refractivity contribution in [2.75, 3.05) is 14.2 Å². The van der Waals surface area contributed by atoms with Gasteiger partial charge in [0.05, 0.1) is 31.7 Å². The minimum Gasteiger partial charge on any atom is -0.497 e. The average molecular weight is 512 g/mol. The molecule has 1 aliphatic carbocycles. The average Bonchev–Trinajstić information content (AvgIpc) is 2.93.